The molecule has 0 atom stereocenters. The maximum atomic E-state index is 12.1. The second kappa shape index (κ2) is 7.53. The van der Waals surface area contributed by atoms with Crippen LogP contribution in [-0.4, -0.2) is 25.3 Å². The van der Waals surface area contributed by atoms with Gasteiger partial charge in [-0.1, -0.05) is 12.1 Å². The summed E-state index contributed by atoms with van der Waals surface area (Å²) >= 11 is 0. The van der Waals surface area contributed by atoms with Crippen LogP contribution in [0.15, 0.2) is 48.5 Å². The van der Waals surface area contributed by atoms with Gasteiger partial charge in [0.2, 0.25) is 12.7 Å². The highest BCUT2D eigenvalue weighted by Crippen LogP contribution is 2.32. The van der Waals surface area contributed by atoms with Crippen LogP contribution in [0.3, 0.4) is 0 Å². The zero-order valence-electron chi connectivity index (χ0n) is 13.7. The second-order valence-corrected chi connectivity index (χ2v) is 5.24. The summed E-state index contributed by atoms with van der Waals surface area (Å²) in [6.07, 6.45) is 3.08. The summed E-state index contributed by atoms with van der Waals surface area (Å²) in [6.45, 7) is 2.25. The Morgan fingerprint density at radius 1 is 1.16 bits per heavy atom. The van der Waals surface area contributed by atoms with Crippen LogP contribution in [0, 0.1) is 0 Å². The van der Waals surface area contributed by atoms with Gasteiger partial charge in [-0.3, -0.25) is 4.79 Å². The highest BCUT2D eigenvalue weighted by Gasteiger charge is 2.12. The average Bonchev–Trinajstić information content (AvgIpc) is 3.08. The molecular weight excluding hydrogens is 322 g/mol. The highest BCUT2D eigenvalue weighted by molar-refractivity contribution is 6.02. The molecule has 128 valence electrons. The van der Waals surface area contributed by atoms with E-state index in [4.69, 9.17) is 14.2 Å². The molecule has 0 unspecified atom stereocenters. The molecule has 0 radical (unpaired) electrons. The SMILES string of the molecule is CCOC(=O)c1cccc(NC(=O)/C=C/c2ccc3c(c2)OCO3)c1. The first-order valence-electron chi connectivity index (χ1n) is 7.81. The van der Waals surface area contributed by atoms with Gasteiger partial charge in [0.1, 0.15) is 0 Å². The Morgan fingerprint density at radius 3 is 2.84 bits per heavy atom. The normalized spacial score (nSPS) is 12.2. The molecule has 0 spiro atoms. The number of amides is 1. The third-order valence-electron chi connectivity index (χ3n) is 3.47. The number of carbonyl (C=O) groups is 2. The summed E-state index contributed by atoms with van der Waals surface area (Å²) in [5.74, 6) is 0.621. The van der Waals surface area contributed by atoms with Crippen LogP contribution >= 0.6 is 0 Å². The van der Waals surface area contributed by atoms with Crippen LogP contribution < -0.4 is 14.8 Å². The molecule has 1 aliphatic rings. The number of hydrogen-bond donors (Lipinski definition) is 1. The van der Waals surface area contributed by atoms with Gasteiger partial charge in [0.25, 0.3) is 0 Å². The average molecular weight is 339 g/mol. The van der Waals surface area contributed by atoms with Gasteiger partial charge in [-0.15, -0.1) is 0 Å². The Morgan fingerprint density at radius 2 is 2.00 bits per heavy atom. The maximum Gasteiger partial charge on any atom is 0.338 e. The van der Waals surface area contributed by atoms with E-state index in [2.05, 4.69) is 5.32 Å². The molecule has 6 heteroatoms. The highest BCUT2D eigenvalue weighted by atomic mass is 16.7. The first kappa shape index (κ1) is 16.6. The maximum absolute atomic E-state index is 12.1. The standard InChI is InChI=1S/C19H17NO5/c1-2-23-19(22)14-4-3-5-15(11-14)20-18(21)9-7-13-6-8-16-17(10-13)25-12-24-16/h3-11H,2,12H2,1H3,(H,20,21)/b9-7+. The van der Waals surface area contributed by atoms with E-state index in [1.165, 1.54) is 6.08 Å². The van der Waals surface area contributed by atoms with Gasteiger partial charge in [-0.25, -0.2) is 4.79 Å². The van der Waals surface area contributed by atoms with Crippen molar-refractivity contribution in [2.45, 2.75) is 6.92 Å². The summed E-state index contributed by atoms with van der Waals surface area (Å²) in [7, 11) is 0. The minimum atomic E-state index is -0.422. The van der Waals surface area contributed by atoms with Crippen molar-refractivity contribution in [1.82, 2.24) is 0 Å². The third kappa shape index (κ3) is 4.17. The van der Waals surface area contributed by atoms with Gasteiger partial charge in [-0.2, -0.15) is 0 Å². The zero-order valence-corrected chi connectivity index (χ0v) is 13.7. The zero-order chi connectivity index (χ0) is 17.6. The van der Waals surface area contributed by atoms with Gasteiger partial charge in [0, 0.05) is 11.8 Å². The minimum absolute atomic E-state index is 0.208. The number of nitrogens with one attached hydrogen (secondary N) is 1. The van der Waals surface area contributed by atoms with E-state index >= 15 is 0 Å². The monoisotopic (exact) mass is 339 g/mol. The molecule has 1 heterocycles. The van der Waals surface area contributed by atoms with Gasteiger partial charge in [-0.05, 0) is 48.9 Å². The molecule has 1 N–H and O–H groups in total. The molecule has 25 heavy (non-hydrogen) atoms. The van der Waals surface area contributed by atoms with Crippen molar-refractivity contribution in [3.63, 3.8) is 0 Å². The smallest absolute Gasteiger partial charge is 0.338 e. The van der Waals surface area contributed by atoms with E-state index in [1.807, 2.05) is 6.07 Å². The third-order valence-corrected chi connectivity index (χ3v) is 3.47. The van der Waals surface area contributed by atoms with E-state index in [0.29, 0.717) is 29.4 Å². The molecule has 1 amide bonds. The minimum Gasteiger partial charge on any atom is -0.462 e. The molecule has 0 fully saturated rings. The Bertz CT molecular complexity index is 828. The molecule has 3 rings (SSSR count). The van der Waals surface area contributed by atoms with Gasteiger partial charge >= 0.3 is 5.97 Å². The van der Waals surface area contributed by atoms with E-state index < -0.39 is 5.97 Å². The van der Waals surface area contributed by atoms with Gasteiger partial charge < -0.3 is 19.5 Å². The Hall–Kier alpha value is -3.28. The van der Waals surface area contributed by atoms with Crippen LogP contribution in [-0.2, 0) is 9.53 Å². The van der Waals surface area contributed by atoms with E-state index in [-0.39, 0.29) is 12.7 Å². The van der Waals surface area contributed by atoms with Crippen molar-refractivity contribution in [2.75, 3.05) is 18.7 Å². The lowest BCUT2D eigenvalue weighted by Crippen LogP contribution is -2.09. The van der Waals surface area contributed by atoms with Gasteiger partial charge in [0.05, 0.1) is 12.2 Å². The van der Waals surface area contributed by atoms with E-state index in [9.17, 15) is 9.59 Å². The van der Waals surface area contributed by atoms with Crippen molar-refractivity contribution in [3.05, 3.63) is 59.7 Å². The van der Waals surface area contributed by atoms with Crippen molar-refractivity contribution in [3.8, 4) is 11.5 Å². The molecular formula is C19H17NO5. The predicted molar refractivity (Wildman–Crippen MR) is 92.6 cm³/mol. The molecule has 0 aromatic heterocycles. The second-order valence-electron chi connectivity index (χ2n) is 5.24. The first-order chi connectivity index (χ1) is 12.2. The Kier molecular flexibility index (Phi) is 4.99. The number of esters is 1. The number of fused-ring (bicyclic) bond motifs is 1. The Balaban J connectivity index is 1.64. The van der Waals surface area contributed by atoms with Crippen LogP contribution in [0.2, 0.25) is 0 Å². The van der Waals surface area contributed by atoms with Crippen LogP contribution in [0.5, 0.6) is 11.5 Å². The lowest BCUT2D eigenvalue weighted by molar-refractivity contribution is -0.111. The predicted octanol–water partition coefficient (Wildman–Crippen LogP) is 3.24. The van der Waals surface area contributed by atoms with Crippen LogP contribution in [0.4, 0.5) is 5.69 Å². The molecule has 0 aliphatic carbocycles. The van der Waals surface area contributed by atoms with Crippen molar-refractivity contribution >= 4 is 23.6 Å². The number of ether oxygens (including phenoxy) is 3. The molecule has 0 bridgehead atoms. The van der Waals surface area contributed by atoms with Crippen LogP contribution in [0.1, 0.15) is 22.8 Å². The lowest BCUT2D eigenvalue weighted by Gasteiger charge is -2.05. The van der Waals surface area contributed by atoms with Crippen molar-refractivity contribution < 1.29 is 23.8 Å². The molecule has 1 aliphatic heterocycles. The number of hydrogen-bond acceptors (Lipinski definition) is 5. The number of rotatable bonds is 5. The van der Waals surface area contributed by atoms with Crippen molar-refractivity contribution in [1.29, 1.82) is 0 Å². The topological polar surface area (TPSA) is 73.9 Å². The summed E-state index contributed by atoms with van der Waals surface area (Å²) in [5.41, 5.74) is 1.73. The number of carbonyl (C=O) groups excluding carboxylic acids is 2. The molecule has 2 aromatic carbocycles. The molecule has 2 aromatic rings. The Labute approximate surface area is 145 Å². The fraction of sp³-hybridized carbons (Fsp3) is 0.158. The van der Waals surface area contributed by atoms with E-state index in [0.717, 1.165) is 5.56 Å². The quantitative estimate of drug-likeness (QED) is 0.669. The fourth-order valence-electron chi connectivity index (χ4n) is 2.31. The van der Waals surface area contributed by atoms with E-state index in [1.54, 1.807) is 49.4 Å². The molecule has 6 nitrogen and oxygen atoms in total. The number of anilines is 1. The molecule has 0 saturated carbocycles. The first-order valence-corrected chi connectivity index (χ1v) is 7.81. The summed E-state index contributed by atoms with van der Waals surface area (Å²) in [6, 6.07) is 12.0. The summed E-state index contributed by atoms with van der Waals surface area (Å²) in [4.78, 5) is 23.8. The summed E-state index contributed by atoms with van der Waals surface area (Å²) in [5, 5.41) is 2.71. The molecule has 0 saturated heterocycles. The van der Waals surface area contributed by atoms with Gasteiger partial charge in [0.15, 0.2) is 11.5 Å². The van der Waals surface area contributed by atoms with Crippen LogP contribution in [0.25, 0.3) is 6.08 Å². The largest absolute Gasteiger partial charge is 0.462 e. The fourth-order valence-corrected chi connectivity index (χ4v) is 2.31. The number of benzene rings is 2. The lowest BCUT2D eigenvalue weighted by atomic mass is 10.2. The summed E-state index contributed by atoms with van der Waals surface area (Å²) < 4.78 is 15.5. The van der Waals surface area contributed by atoms with Crippen molar-refractivity contribution in [2.24, 2.45) is 0 Å².